The minimum Gasteiger partial charge on any atom is -0.424 e. The molecule has 0 spiro atoms. The van der Waals surface area contributed by atoms with Crippen LogP contribution in [-0.4, -0.2) is 20.9 Å². The molecule has 1 amide bonds. The van der Waals surface area contributed by atoms with Crippen molar-refractivity contribution in [3.8, 4) is 0 Å². The van der Waals surface area contributed by atoms with Crippen LogP contribution in [0, 0.1) is 13.8 Å². The highest BCUT2D eigenvalue weighted by Crippen LogP contribution is 2.24. The van der Waals surface area contributed by atoms with E-state index in [1.165, 1.54) is 4.90 Å². The highest BCUT2D eigenvalue weighted by molar-refractivity contribution is 6.54. The molecule has 0 aliphatic heterocycles. The first-order valence-electron chi connectivity index (χ1n) is 5.93. The first kappa shape index (κ1) is 14.8. The maximum absolute atomic E-state index is 12.2. The van der Waals surface area contributed by atoms with Gasteiger partial charge in [0.2, 0.25) is 11.8 Å². The molecule has 0 radical (unpaired) electrons. The summed E-state index contributed by atoms with van der Waals surface area (Å²) >= 11 is 11.4. The van der Waals surface area contributed by atoms with Crippen LogP contribution in [-0.2, 0) is 11.3 Å². The average Bonchev–Trinajstić information content (AvgIpc) is 2.81. The molecule has 0 bridgehead atoms. The Morgan fingerprint density at radius 2 is 2.00 bits per heavy atom. The van der Waals surface area contributed by atoms with Gasteiger partial charge in [0.25, 0.3) is 5.91 Å². The summed E-state index contributed by atoms with van der Waals surface area (Å²) in [6, 6.07) is 7.43. The molecule has 2 rings (SSSR count). The first-order chi connectivity index (χ1) is 9.49. The monoisotopic (exact) mass is 313 g/mol. The number of benzene rings is 1. The molecular formula is C13H13Cl2N3O2. The van der Waals surface area contributed by atoms with E-state index in [0.717, 1.165) is 5.56 Å². The Bertz CT molecular complexity index is 613. The fourth-order valence-electron chi connectivity index (χ4n) is 1.80. The Morgan fingerprint density at radius 1 is 1.30 bits per heavy atom. The topological polar surface area (TPSA) is 59.2 Å². The molecule has 7 heteroatoms. The van der Waals surface area contributed by atoms with Crippen LogP contribution >= 0.6 is 23.2 Å². The second kappa shape index (κ2) is 6.24. The summed E-state index contributed by atoms with van der Waals surface area (Å²) in [4.78, 5) is 12.5. The molecule has 0 saturated carbocycles. The van der Waals surface area contributed by atoms with Gasteiger partial charge in [-0.15, -0.1) is 10.2 Å². The fourth-order valence-corrected chi connectivity index (χ4v) is 2.04. The Hall–Kier alpha value is -1.59. The molecular weight excluding hydrogens is 301 g/mol. The van der Waals surface area contributed by atoms with Gasteiger partial charge in [-0.1, -0.05) is 41.4 Å². The van der Waals surface area contributed by atoms with Gasteiger partial charge in [0, 0.05) is 12.6 Å². The van der Waals surface area contributed by atoms with Gasteiger partial charge in [-0.2, -0.15) is 0 Å². The van der Waals surface area contributed by atoms with Crippen molar-refractivity contribution < 1.29 is 9.21 Å². The number of anilines is 1. The molecule has 0 unspecified atom stereocenters. The summed E-state index contributed by atoms with van der Waals surface area (Å²) < 4.78 is 5.30. The van der Waals surface area contributed by atoms with Crippen molar-refractivity contribution in [1.29, 1.82) is 0 Å². The number of nitrogens with zero attached hydrogens (tertiary/aromatic N) is 3. The minimum atomic E-state index is -1.15. The SMILES string of the molecule is Cc1nnc(CN(C(=O)C(Cl)Cl)c2ccccc2C)o1. The number of carbonyl (C=O) groups excluding carboxylic acids is 1. The molecule has 106 valence electrons. The molecule has 5 nitrogen and oxygen atoms in total. The lowest BCUT2D eigenvalue weighted by atomic mass is 10.2. The van der Waals surface area contributed by atoms with Gasteiger partial charge in [0.05, 0.1) is 0 Å². The smallest absolute Gasteiger partial charge is 0.260 e. The third kappa shape index (κ3) is 3.29. The van der Waals surface area contributed by atoms with Gasteiger partial charge >= 0.3 is 0 Å². The zero-order chi connectivity index (χ0) is 14.7. The zero-order valence-corrected chi connectivity index (χ0v) is 12.5. The molecule has 20 heavy (non-hydrogen) atoms. The van der Waals surface area contributed by atoms with E-state index in [1.54, 1.807) is 6.92 Å². The number of alkyl halides is 2. The van der Waals surface area contributed by atoms with Gasteiger partial charge < -0.3 is 9.32 Å². The van der Waals surface area contributed by atoms with E-state index in [0.29, 0.717) is 17.5 Å². The van der Waals surface area contributed by atoms with Gasteiger partial charge in [0.15, 0.2) is 4.84 Å². The molecule has 1 aromatic heterocycles. The molecule has 2 aromatic rings. The number of carbonyl (C=O) groups is 1. The third-order valence-corrected chi connectivity index (χ3v) is 3.09. The van der Waals surface area contributed by atoms with Crippen LogP contribution in [0.4, 0.5) is 5.69 Å². The molecule has 1 heterocycles. The maximum atomic E-state index is 12.2. The van der Waals surface area contributed by atoms with Crippen molar-refractivity contribution >= 4 is 34.8 Å². The van der Waals surface area contributed by atoms with E-state index in [9.17, 15) is 4.79 Å². The Morgan fingerprint density at radius 3 is 2.55 bits per heavy atom. The number of hydrogen-bond donors (Lipinski definition) is 0. The average molecular weight is 314 g/mol. The van der Waals surface area contributed by atoms with Crippen molar-refractivity contribution in [3.63, 3.8) is 0 Å². The van der Waals surface area contributed by atoms with E-state index in [4.69, 9.17) is 27.6 Å². The van der Waals surface area contributed by atoms with E-state index in [1.807, 2.05) is 31.2 Å². The highest BCUT2D eigenvalue weighted by Gasteiger charge is 2.25. The number of aryl methyl sites for hydroxylation is 2. The van der Waals surface area contributed by atoms with Crippen molar-refractivity contribution in [3.05, 3.63) is 41.6 Å². The van der Waals surface area contributed by atoms with Crippen LogP contribution in [0.1, 0.15) is 17.3 Å². The predicted octanol–water partition coefficient (Wildman–Crippen LogP) is 3.02. The summed E-state index contributed by atoms with van der Waals surface area (Å²) in [5.41, 5.74) is 1.63. The maximum Gasteiger partial charge on any atom is 0.260 e. The number of rotatable bonds is 4. The lowest BCUT2D eigenvalue weighted by molar-refractivity contribution is -0.117. The van der Waals surface area contributed by atoms with Crippen molar-refractivity contribution in [2.45, 2.75) is 25.2 Å². The Labute approximate surface area is 126 Å². The van der Waals surface area contributed by atoms with E-state index in [2.05, 4.69) is 10.2 Å². The quantitative estimate of drug-likeness (QED) is 0.814. The molecule has 0 fully saturated rings. The highest BCUT2D eigenvalue weighted by atomic mass is 35.5. The van der Waals surface area contributed by atoms with Crippen LogP contribution in [0.5, 0.6) is 0 Å². The summed E-state index contributed by atoms with van der Waals surface area (Å²) in [5.74, 6) is 0.331. The molecule has 0 aliphatic carbocycles. The number of para-hydroxylation sites is 1. The van der Waals surface area contributed by atoms with E-state index >= 15 is 0 Å². The number of aromatic nitrogens is 2. The van der Waals surface area contributed by atoms with Crippen LogP contribution in [0.3, 0.4) is 0 Å². The lowest BCUT2D eigenvalue weighted by Crippen LogP contribution is -2.35. The van der Waals surface area contributed by atoms with Gasteiger partial charge in [0.1, 0.15) is 6.54 Å². The second-order valence-corrected chi connectivity index (χ2v) is 5.32. The van der Waals surface area contributed by atoms with E-state index in [-0.39, 0.29) is 6.54 Å². The Balaban J connectivity index is 2.35. The van der Waals surface area contributed by atoms with Crippen molar-refractivity contribution in [2.75, 3.05) is 4.90 Å². The normalized spacial score (nSPS) is 10.8. The lowest BCUT2D eigenvalue weighted by Gasteiger charge is -2.23. The summed E-state index contributed by atoms with van der Waals surface area (Å²) in [6.45, 7) is 3.70. The predicted molar refractivity (Wildman–Crippen MR) is 76.9 cm³/mol. The fraction of sp³-hybridized carbons (Fsp3) is 0.308. The Kier molecular flexibility index (Phi) is 4.62. The van der Waals surface area contributed by atoms with Crippen molar-refractivity contribution in [1.82, 2.24) is 10.2 Å². The molecule has 0 N–H and O–H groups in total. The number of hydrogen-bond acceptors (Lipinski definition) is 4. The molecule has 0 saturated heterocycles. The van der Waals surface area contributed by atoms with E-state index < -0.39 is 10.7 Å². The number of halogens is 2. The van der Waals surface area contributed by atoms with Crippen LogP contribution < -0.4 is 4.90 Å². The van der Waals surface area contributed by atoms with Crippen molar-refractivity contribution in [2.24, 2.45) is 0 Å². The van der Waals surface area contributed by atoms with Gasteiger partial charge in [-0.05, 0) is 18.6 Å². The largest absolute Gasteiger partial charge is 0.424 e. The van der Waals surface area contributed by atoms with Crippen LogP contribution in [0.15, 0.2) is 28.7 Å². The summed E-state index contributed by atoms with van der Waals surface area (Å²) in [7, 11) is 0. The molecule has 0 atom stereocenters. The molecule has 0 aliphatic rings. The zero-order valence-electron chi connectivity index (χ0n) is 11.0. The molecule has 1 aromatic carbocycles. The summed E-state index contributed by atoms with van der Waals surface area (Å²) in [5, 5.41) is 7.63. The third-order valence-electron chi connectivity index (χ3n) is 2.72. The summed E-state index contributed by atoms with van der Waals surface area (Å²) in [6.07, 6.45) is 0. The second-order valence-electron chi connectivity index (χ2n) is 4.23. The minimum absolute atomic E-state index is 0.125. The standard InChI is InChI=1S/C13H13Cl2N3O2/c1-8-5-3-4-6-10(8)18(13(19)12(14)15)7-11-17-16-9(2)20-11/h3-6,12H,7H2,1-2H3. The van der Waals surface area contributed by atoms with Gasteiger partial charge in [-0.3, -0.25) is 4.79 Å². The van der Waals surface area contributed by atoms with Crippen LogP contribution in [0.25, 0.3) is 0 Å². The van der Waals surface area contributed by atoms with Crippen LogP contribution in [0.2, 0.25) is 0 Å². The number of amides is 1. The first-order valence-corrected chi connectivity index (χ1v) is 6.80. The van der Waals surface area contributed by atoms with Gasteiger partial charge in [-0.25, -0.2) is 0 Å².